The van der Waals surface area contributed by atoms with Gasteiger partial charge in [0.15, 0.2) is 0 Å². The van der Waals surface area contributed by atoms with Gasteiger partial charge in [0.2, 0.25) is 0 Å². The van der Waals surface area contributed by atoms with Crippen molar-refractivity contribution in [2.24, 2.45) is 5.73 Å². The lowest BCUT2D eigenvalue weighted by Gasteiger charge is -1.97. The molecule has 0 bridgehead atoms. The van der Waals surface area contributed by atoms with Gasteiger partial charge < -0.3 is 10.7 Å². The summed E-state index contributed by atoms with van der Waals surface area (Å²) >= 11 is 0. The molecule has 0 atom stereocenters. The monoisotopic (exact) mass is 237 g/mol. The van der Waals surface area contributed by atoms with E-state index in [4.69, 9.17) is 5.73 Å². The Hall–Kier alpha value is -2.55. The van der Waals surface area contributed by atoms with E-state index < -0.39 is 0 Å². The number of nitrogens with two attached hydrogens (primary N) is 1. The van der Waals surface area contributed by atoms with Gasteiger partial charge in [-0.05, 0) is 42.1 Å². The topological polar surface area (TPSA) is 54.7 Å². The molecule has 0 spiro atoms. The number of hydrogen-bond acceptors (Lipinski definition) is 2. The standard InChI is InChI=1S/C15H15N3/c1-12(6-2-4-10-16)13-8-9-15(18-13)14-7-3-5-11-17-14/h2-11,18H,1,16H2/b6-2-,10-4-. The fourth-order valence-electron chi connectivity index (χ4n) is 1.58. The second-order valence-corrected chi connectivity index (χ2v) is 3.77. The summed E-state index contributed by atoms with van der Waals surface area (Å²) in [6.07, 6.45) is 8.77. The SMILES string of the molecule is C=C(/C=C\C=C/N)c1ccc(-c2ccccn2)[nH]1. The summed E-state index contributed by atoms with van der Waals surface area (Å²) in [5.74, 6) is 0. The van der Waals surface area contributed by atoms with Crippen LogP contribution in [0.15, 0.2) is 67.5 Å². The fraction of sp³-hybridized carbons (Fsp3) is 0. The second-order valence-electron chi connectivity index (χ2n) is 3.77. The summed E-state index contributed by atoms with van der Waals surface area (Å²) in [5, 5.41) is 0. The van der Waals surface area contributed by atoms with Crippen LogP contribution in [0.4, 0.5) is 0 Å². The minimum absolute atomic E-state index is 0.898. The number of rotatable bonds is 4. The van der Waals surface area contributed by atoms with Gasteiger partial charge >= 0.3 is 0 Å². The van der Waals surface area contributed by atoms with Gasteiger partial charge in [0.1, 0.15) is 0 Å². The second kappa shape index (κ2) is 5.68. The molecule has 0 aliphatic rings. The summed E-state index contributed by atoms with van der Waals surface area (Å²) < 4.78 is 0. The van der Waals surface area contributed by atoms with Crippen molar-refractivity contribution in [1.29, 1.82) is 0 Å². The minimum atomic E-state index is 0.898. The highest BCUT2D eigenvalue weighted by molar-refractivity contribution is 5.72. The molecule has 3 N–H and O–H groups in total. The highest BCUT2D eigenvalue weighted by Crippen LogP contribution is 2.19. The number of pyridine rings is 1. The minimum Gasteiger partial charge on any atom is -0.405 e. The third-order valence-electron chi connectivity index (χ3n) is 2.49. The van der Waals surface area contributed by atoms with Crippen molar-refractivity contribution in [2.45, 2.75) is 0 Å². The maximum atomic E-state index is 5.26. The average molecular weight is 237 g/mol. The zero-order chi connectivity index (χ0) is 12.8. The van der Waals surface area contributed by atoms with Crippen molar-refractivity contribution < 1.29 is 0 Å². The molecule has 90 valence electrons. The molecule has 2 heterocycles. The van der Waals surface area contributed by atoms with Gasteiger partial charge in [-0.15, -0.1) is 0 Å². The molecule has 0 radical (unpaired) electrons. The lowest BCUT2D eigenvalue weighted by Crippen LogP contribution is -1.83. The molecule has 0 aliphatic carbocycles. The Morgan fingerprint density at radius 2 is 2.11 bits per heavy atom. The molecular weight excluding hydrogens is 222 g/mol. The van der Waals surface area contributed by atoms with Crippen molar-refractivity contribution >= 4 is 5.57 Å². The summed E-state index contributed by atoms with van der Waals surface area (Å²) in [6, 6.07) is 9.81. The quantitative estimate of drug-likeness (QED) is 0.803. The van der Waals surface area contributed by atoms with Crippen LogP contribution in [-0.4, -0.2) is 9.97 Å². The van der Waals surface area contributed by atoms with Crippen LogP contribution >= 0.6 is 0 Å². The van der Waals surface area contributed by atoms with Gasteiger partial charge in [0.25, 0.3) is 0 Å². The number of nitrogens with one attached hydrogen (secondary N) is 1. The molecule has 0 saturated carbocycles. The molecule has 0 aliphatic heterocycles. The first-order valence-electron chi connectivity index (χ1n) is 5.66. The first-order chi connectivity index (χ1) is 8.81. The molecule has 0 fully saturated rings. The average Bonchev–Trinajstić information content (AvgIpc) is 2.89. The first kappa shape index (κ1) is 11.9. The van der Waals surface area contributed by atoms with E-state index in [0.29, 0.717) is 0 Å². The smallest absolute Gasteiger partial charge is 0.0864 e. The summed E-state index contributed by atoms with van der Waals surface area (Å²) in [4.78, 5) is 7.58. The van der Waals surface area contributed by atoms with E-state index in [0.717, 1.165) is 22.7 Å². The van der Waals surface area contributed by atoms with Crippen molar-refractivity contribution in [2.75, 3.05) is 0 Å². The highest BCUT2D eigenvalue weighted by Gasteiger charge is 2.02. The lowest BCUT2D eigenvalue weighted by molar-refractivity contribution is 1.27. The Morgan fingerprint density at radius 3 is 2.83 bits per heavy atom. The van der Waals surface area contributed by atoms with Gasteiger partial charge in [0, 0.05) is 11.9 Å². The number of aromatic amines is 1. The number of allylic oxidation sites excluding steroid dienone is 4. The van der Waals surface area contributed by atoms with Crippen molar-refractivity contribution in [3.63, 3.8) is 0 Å². The number of hydrogen-bond donors (Lipinski definition) is 2. The maximum absolute atomic E-state index is 5.26. The Balaban J connectivity index is 2.18. The predicted molar refractivity (Wildman–Crippen MR) is 75.5 cm³/mol. The molecule has 0 unspecified atom stereocenters. The van der Waals surface area contributed by atoms with E-state index in [1.54, 1.807) is 12.3 Å². The molecule has 0 saturated heterocycles. The number of nitrogens with zero attached hydrogens (tertiary/aromatic N) is 1. The van der Waals surface area contributed by atoms with E-state index in [-0.39, 0.29) is 0 Å². The van der Waals surface area contributed by atoms with Gasteiger partial charge in [-0.3, -0.25) is 4.98 Å². The third kappa shape index (κ3) is 2.77. The molecule has 2 rings (SSSR count). The van der Waals surface area contributed by atoms with Gasteiger partial charge in [-0.25, -0.2) is 0 Å². The van der Waals surface area contributed by atoms with Crippen LogP contribution in [-0.2, 0) is 0 Å². The molecule has 3 nitrogen and oxygen atoms in total. The van der Waals surface area contributed by atoms with E-state index >= 15 is 0 Å². The van der Waals surface area contributed by atoms with Crippen LogP contribution in [0.3, 0.4) is 0 Å². The molecule has 0 aromatic carbocycles. The maximum Gasteiger partial charge on any atom is 0.0864 e. The zero-order valence-electron chi connectivity index (χ0n) is 10.0. The van der Waals surface area contributed by atoms with Crippen LogP contribution < -0.4 is 5.73 Å². The van der Waals surface area contributed by atoms with Crippen molar-refractivity contribution in [3.8, 4) is 11.4 Å². The Bertz CT molecular complexity index is 577. The normalized spacial score (nSPS) is 11.3. The van der Waals surface area contributed by atoms with Crippen LogP contribution in [0.25, 0.3) is 17.0 Å². The highest BCUT2D eigenvalue weighted by atomic mass is 14.8. The lowest BCUT2D eigenvalue weighted by atomic mass is 10.2. The molecule has 2 aromatic rings. The molecule has 0 amide bonds. The van der Waals surface area contributed by atoms with Crippen LogP contribution in [0, 0.1) is 0 Å². The summed E-state index contributed by atoms with van der Waals surface area (Å²) in [6.45, 7) is 3.99. The van der Waals surface area contributed by atoms with Gasteiger partial charge in [-0.2, -0.15) is 0 Å². The number of aromatic nitrogens is 2. The van der Waals surface area contributed by atoms with Crippen LogP contribution in [0.2, 0.25) is 0 Å². The van der Waals surface area contributed by atoms with E-state index in [9.17, 15) is 0 Å². The van der Waals surface area contributed by atoms with Gasteiger partial charge in [0.05, 0.1) is 11.4 Å². The largest absolute Gasteiger partial charge is 0.405 e. The molecule has 2 aromatic heterocycles. The molecule has 3 heteroatoms. The van der Waals surface area contributed by atoms with E-state index in [1.165, 1.54) is 6.20 Å². The molecule has 18 heavy (non-hydrogen) atoms. The van der Waals surface area contributed by atoms with Crippen molar-refractivity contribution in [3.05, 3.63) is 73.2 Å². The number of H-pyrrole nitrogens is 1. The fourth-order valence-corrected chi connectivity index (χ4v) is 1.58. The zero-order valence-corrected chi connectivity index (χ0v) is 10.0. The van der Waals surface area contributed by atoms with Crippen molar-refractivity contribution in [1.82, 2.24) is 9.97 Å². The Kier molecular flexibility index (Phi) is 3.76. The van der Waals surface area contributed by atoms with Crippen LogP contribution in [0.1, 0.15) is 5.69 Å². The first-order valence-corrected chi connectivity index (χ1v) is 5.66. The Labute approximate surface area is 106 Å². The third-order valence-corrected chi connectivity index (χ3v) is 2.49. The summed E-state index contributed by atoms with van der Waals surface area (Å²) in [5.41, 5.74) is 9.02. The molecular formula is C15H15N3. The van der Waals surface area contributed by atoms with Gasteiger partial charge in [-0.1, -0.05) is 24.8 Å². The summed E-state index contributed by atoms with van der Waals surface area (Å²) in [7, 11) is 0. The predicted octanol–water partition coefficient (Wildman–Crippen LogP) is 3.12. The van der Waals surface area contributed by atoms with E-state index in [2.05, 4.69) is 16.5 Å². The van der Waals surface area contributed by atoms with Crippen LogP contribution in [0.5, 0.6) is 0 Å². The van der Waals surface area contributed by atoms with E-state index in [1.807, 2.05) is 42.5 Å². The Morgan fingerprint density at radius 1 is 1.22 bits per heavy atom.